The zero-order valence-electron chi connectivity index (χ0n) is 10.1. The molecule has 3 heteroatoms. The minimum Gasteiger partial charge on any atom is -0.489 e. The standard InChI is InChI=1S/C13H20BrNO/c1-3-4-5-6-7-11(2)16-13-8-9-15-10-12(13)14/h8-11H,3-7H2,1-2H3. The topological polar surface area (TPSA) is 22.1 Å². The Labute approximate surface area is 107 Å². The van der Waals surface area contributed by atoms with Gasteiger partial charge in [-0.05, 0) is 41.8 Å². The fourth-order valence-corrected chi connectivity index (χ4v) is 1.94. The van der Waals surface area contributed by atoms with Gasteiger partial charge in [-0.3, -0.25) is 4.98 Å². The van der Waals surface area contributed by atoms with Crippen molar-refractivity contribution in [1.29, 1.82) is 0 Å². The highest BCUT2D eigenvalue weighted by atomic mass is 79.9. The molecular formula is C13H20BrNO. The van der Waals surface area contributed by atoms with Gasteiger partial charge in [0, 0.05) is 12.4 Å². The lowest BCUT2D eigenvalue weighted by Gasteiger charge is -2.15. The molecule has 1 heterocycles. The first-order chi connectivity index (χ1) is 7.74. The van der Waals surface area contributed by atoms with Crippen LogP contribution in [-0.2, 0) is 0 Å². The summed E-state index contributed by atoms with van der Waals surface area (Å²) in [6.45, 7) is 4.35. The van der Waals surface area contributed by atoms with Crippen LogP contribution < -0.4 is 4.74 Å². The lowest BCUT2D eigenvalue weighted by Crippen LogP contribution is -2.11. The fraction of sp³-hybridized carbons (Fsp3) is 0.615. The van der Waals surface area contributed by atoms with Crippen molar-refractivity contribution in [2.75, 3.05) is 0 Å². The van der Waals surface area contributed by atoms with Crippen LogP contribution in [-0.4, -0.2) is 11.1 Å². The largest absolute Gasteiger partial charge is 0.489 e. The predicted molar refractivity (Wildman–Crippen MR) is 70.8 cm³/mol. The Kier molecular flexibility index (Phi) is 6.46. The van der Waals surface area contributed by atoms with Crippen LogP contribution in [0.25, 0.3) is 0 Å². The van der Waals surface area contributed by atoms with Crippen molar-refractivity contribution in [3.05, 3.63) is 22.9 Å². The van der Waals surface area contributed by atoms with E-state index in [1.54, 1.807) is 12.4 Å². The Morgan fingerprint density at radius 2 is 2.19 bits per heavy atom. The van der Waals surface area contributed by atoms with E-state index in [1.165, 1.54) is 25.7 Å². The zero-order chi connectivity index (χ0) is 11.8. The molecule has 0 amide bonds. The van der Waals surface area contributed by atoms with E-state index in [2.05, 4.69) is 34.8 Å². The minimum atomic E-state index is 0.274. The highest BCUT2D eigenvalue weighted by Gasteiger charge is 2.06. The van der Waals surface area contributed by atoms with Crippen LogP contribution in [0.3, 0.4) is 0 Å². The van der Waals surface area contributed by atoms with E-state index < -0.39 is 0 Å². The number of halogens is 1. The average Bonchev–Trinajstić information content (AvgIpc) is 2.28. The summed E-state index contributed by atoms with van der Waals surface area (Å²) >= 11 is 3.43. The number of unbranched alkanes of at least 4 members (excludes halogenated alkanes) is 3. The second-order valence-corrected chi connectivity index (χ2v) is 4.94. The lowest BCUT2D eigenvalue weighted by atomic mass is 10.1. The van der Waals surface area contributed by atoms with Crippen LogP contribution in [0.5, 0.6) is 5.75 Å². The monoisotopic (exact) mass is 285 g/mol. The molecule has 0 aliphatic carbocycles. The fourth-order valence-electron chi connectivity index (χ4n) is 1.59. The Morgan fingerprint density at radius 3 is 2.88 bits per heavy atom. The first kappa shape index (κ1) is 13.5. The maximum absolute atomic E-state index is 5.84. The van der Waals surface area contributed by atoms with Crippen molar-refractivity contribution in [2.45, 2.75) is 52.1 Å². The quantitative estimate of drug-likeness (QED) is 0.684. The van der Waals surface area contributed by atoms with E-state index in [0.717, 1.165) is 16.6 Å². The van der Waals surface area contributed by atoms with Crippen LogP contribution in [0.2, 0.25) is 0 Å². The summed E-state index contributed by atoms with van der Waals surface area (Å²) in [5.41, 5.74) is 0. The molecule has 0 aliphatic rings. The smallest absolute Gasteiger partial charge is 0.136 e. The van der Waals surface area contributed by atoms with Crippen LogP contribution in [0.4, 0.5) is 0 Å². The molecule has 16 heavy (non-hydrogen) atoms. The molecule has 2 nitrogen and oxygen atoms in total. The van der Waals surface area contributed by atoms with E-state index in [9.17, 15) is 0 Å². The molecule has 0 radical (unpaired) electrons. The second-order valence-electron chi connectivity index (χ2n) is 4.08. The maximum atomic E-state index is 5.84. The van der Waals surface area contributed by atoms with E-state index in [1.807, 2.05) is 6.07 Å². The summed E-state index contributed by atoms with van der Waals surface area (Å²) in [4.78, 5) is 4.01. The molecule has 0 aromatic carbocycles. The molecule has 0 saturated carbocycles. The number of aromatic nitrogens is 1. The van der Waals surface area contributed by atoms with Gasteiger partial charge >= 0.3 is 0 Å². The van der Waals surface area contributed by atoms with Crippen LogP contribution in [0, 0.1) is 0 Å². The van der Waals surface area contributed by atoms with Crippen molar-refractivity contribution < 1.29 is 4.74 Å². The van der Waals surface area contributed by atoms with Crippen molar-refractivity contribution in [3.63, 3.8) is 0 Å². The first-order valence-corrected chi connectivity index (χ1v) is 6.79. The van der Waals surface area contributed by atoms with E-state index in [4.69, 9.17) is 4.74 Å². The molecule has 1 atom stereocenters. The van der Waals surface area contributed by atoms with Gasteiger partial charge in [0.1, 0.15) is 5.75 Å². The summed E-state index contributed by atoms with van der Waals surface area (Å²) in [5.74, 6) is 0.887. The van der Waals surface area contributed by atoms with E-state index >= 15 is 0 Å². The Hall–Kier alpha value is -0.570. The highest BCUT2D eigenvalue weighted by Crippen LogP contribution is 2.24. The third kappa shape index (κ3) is 4.97. The van der Waals surface area contributed by atoms with Gasteiger partial charge in [-0.2, -0.15) is 0 Å². The molecule has 0 bridgehead atoms. The van der Waals surface area contributed by atoms with Gasteiger partial charge < -0.3 is 4.74 Å². The Morgan fingerprint density at radius 1 is 1.38 bits per heavy atom. The molecule has 1 unspecified atom stereocenters. The van der Waals surface area contributed by atoms with Gasteiger partial charge in [0.15, 0.2) is 0 Å². The van der Waals surface area contributed by atoms with Crippen molar-refractivity contribution in [2.24, 2.45) is 0 Å². The first-order valence-electron chi connectivity index (χ1n) is 6.00. The SMILES string of the molecule is CCCCCCC(C)Oc1ccncc1Br. The van der Waals surface area contributed by atoms with Crippen molar-refractivity contribution >= 4 is 15.9 Å². The molecule has 1 aromatic heterocycles. The second kappa shape index (κ2) is 7.66. The predicted octanol–water partition coefficient (Wildman–Crippen LogP) is 4.58. The van der Waals surface area contributed by atoms with Gasteiger partial charge in [0.25, 0.3) is 0 Å². The van der Waals surface area contributed by atoms with Gasteiger partial charge in [0.05, 0.1) is 10.6 Å². The van der Waals surface area contributed by atoms with Gasteiger partial charge in [0.2, 0.25) is 0 Å². The molecule has 1 aromatic rings. The zero-order valence-corrected chi connectivity index (χ0v) is 11.7. The number of pyridine rings is 1. The number of rotatable bonds is 7. The van der Waals surface area contributed by atoms with Gasteiger partial charge in [-0.15, -0.1) is 0 Å². The third-order valence-electron chi connectivity index (χ3n) is 2.53. The van der Waals surface area contributed by atoms with E-state index in [0.29, 0.717) is 0 Å². The van der Waals surface area contributed by atoms with Crippen LogP contribution >= 0.6 is 15.9 Å². The van der Waals surface area contributed by atoms with Gasteiger partial charge in [-0.1, -0.05) is 26.2 Å². The van der Waals surface area contributed by atoms with Crippen LogP contribution in [0.15, 0.2) is 22.9 Å². The molecular weight excluding hydrogens is 266 g/mol. The summed E-state index contributed by atoms with van der Waals surface area (Å²) in [7, 11) is 0. The molecule has 0 fully saturated rings. The minimum absolute atomic E-state index is 0.274. The summed E-state index contributed by atoms with van der Waals surface area (Å²) in [5, 5.41) is 0. The normalized spacial score (nSPS) is 12.4. The number of ether oxygens (including phenoxy) is 1. The average molecular weight is 286 g/mol. The molecule has 0 aliphatic heterocycles. The number of hydrogen-bond acceptors (Lipinski definition) is 2. The van der Waals surface area contributed by atoms with E-state index in [-0.39, 0.29) is 6.10 Å². The Balaban J connectivity index is 2.28. The summed E-state index contributed by atoms with van der Waals surface area (Å²) < 4.78 is 6.76. The molecule has 0 saturated heterocycles. The molecule has 0 spiro atoms. The lowest BCUT2D eigenvalue weighted by molar-refractivity contribution is 0.205. The highest BCUT2D eigenvalue weighted by molar-refractivity contribution is 9.10. The Bertz CT molecular complexity index is 304. The molecule has 0 N–H and O–H groups in total. The molecule has 90 valence electrons. The number of hydrogen-bond donors (Lipinski definition) is 0. The third-order valence-corrected chi connectivity index (χ3v) is 3.12. The molecule has 1 rings (SSSR count). The summed E-state index contributed by atoms with van der Waals surface area (Å²) in [6.07, 6.45) is 10.1. The number of nitrogens with zero attached hydrogens (tertiary/aromatic N) is 1. The summed E-state index contributed by atoms with van der Waals surface area (Å²) in [6, 6.07) is 1.90. The van der Waals surface area contributed by atoms with Gasteiger partial charge in [-0.25, -0.2) is 0 Å². The van der Waals surface area contributed by atoms with Crippen molar-refractivity contribution in [1.82, 2.24) is 4.98 Å². The van der Waals surface area contributed by atoms with Crippen LogP contribution in [0.1, 0.15) is 46.0 Å². The maximum Gasteiger partial charge on any atom is 0.136 e. The van der Waals surface area contributed by atoms with Crippen molar-refractivity contribution in [3.8, 4) is 5.75 Å².